The van der Waals surface area contributed by atoms with Crippen LogP contribution in [0, 0.1) is 11.8 Å². The summed E-state index contributed by atoms with van der Waals surface area (Å²) in [6.45, 7) is 5.79. The highest BCUT2D eigenvalue weighted by Gasteiger charge is 2.33. The van der Waals surface area contributed by atoms with Crippen LogP contribution < -0.4 is 0 Å². The van der Waals surface area contributed by atoms with Crippen LogP contribution in [0.5, 0.6) is 0 Å². The van der Waals surface area contributed by atoms with E-state index in [-0.39, 0.29) is 24.7 Å². The summed E-state index contributed by atoms with van der Waals surface area (Å²) in [6, 6.07) is 9.41. The van der Waals surface area contributed by atoms with Gasteiger partial charge in [-0.1, -0.05) is 43.3 Å². The summed E-state index contributed by atoms with van der Waals surface area (Å²) in [4.78, 5) is 22.4. The number of allylic oxidation sites excluding steroid dienone is 1. The molecule has 0 bridgehead atoms. The van der Waals surface area contributed by atoms with Gasteiger partial charge in [-0.05, 0) is 24.3 Å². The maximum atomic E-state index is 11.6. The van der Waals surface area contributed by atoms with Gasteiger partial charge in [-0.15, -0.1) is 6.58 Å². The lowest BCUT2D eigenvalue weighted by Gasteiger charge is -2.29. The highest BCUT2D eigenvalue weighted by atomic mass is 16.4. The Morgan fingerprint density at radius 3 is 2.29 bits per heavy atom. The van der Waals surface area contributed by atoms with Gasteiger partial charge in [-0.25, -0.2) is 0 Å². The second-order valence-electron chi connectivity index (χ2n) is 5.12. The summed E-state index contributed by atoms with van der Waals surface area (Å²) in [5.41, 5.74) is 0.919. The molecule has 2 N–H and O–H groups in total. The number of carboxylic acids is 2. The van der Waals surface area contributed by atoms with Gasteiger partial charge >= 0.3 is 11.9 Å². The van der Waals surface area contributed by atoms with E-state index in [0.717, 1.165) is 12.0 Å². The van der Waals surface area contributed by atoms with Crippen molar-refractivity contribution in [1.29, 1.82) is 0 Å². The zero-order valence-electron chi connectivity index (χ0n) is 12.2. The Kier molecular flexibility index (Phi) is 6.66. The number of aliphatic carboxylic acids is 2. The first-order chi connectivity index (χ1) is 10.0. The van der Waals surface area contributed by atoms with E-state index in [2.05, 4.69) is 6.58 Å². The van der Waals surface area contributed by atoms with Gasteiger partial charge in [0.15, 0.2) is 0 Å². The molecule has 1 rings (SSSR count). The van der Waals surface area contributed by atoms with Crippen LogP contribution in [0.3, 0.4) is 0 Å². The maximum Gasteiger partial charge on any atom is 0.307 e. The van der Waals surface area contributed by atoms with Crippen LogP contribution in [0.1, 0.15) is 37.7 Å². The van der Waals surface area contributed by atoms with E-state index in [1.807, 2.05) is 37.3 Å². The van der Waals surface area contributed by atoms with E-state index in [1.165, 1.54) is 0 Å². The summed E-state index contributed by atoms with van der Waals surface area (Å²) in [6.07, 6.45) is 2.51. The quantitative estimate of drug-likeness (QED) is 0.682. The standard InChI is InChI=1S/C17H22O4/c1-3-12(4-2)16(13-8-6-5-7-9-13)14(17(20)21)10-11-15(18)19/h3,5-9,12,14,16H,1,4,10-11H2,2H3,(H,18,19)(H,20,21). The lowest BCUT2D eigenvalue weighted by atomic mass is 9.74. The zero-order chi connectivity index (χ0) is 15.8. The van der Waals surface area contributed by atoms with Crippen molar-refractivity contribution >= 4 is 11.9 Å². The third kappa shape index (κ3) is 4.74. The van der Waals surface area contributed by atoms with Gasteiger partial charge in [0.2, 0.25) is 0 Å². The van der Waals surface area contributed by atoms with Gasteiger partial charge in [-0.2, -0.15) is 0 Å². The molecular weight excluding hydrogens is 268 g/mol. The molecule has 0 aliphatic rings. The minimum absolute atomic E-state index is 0.00212. The lowest BCUT2D eigenvalue weighted by molar-refractivity contribution is -0.144. The summed E-state index contributed by atoms with van der Waals surface area (Å²) in [5.74, 6) is -2.91. The van der Waals surface area contributed by atoms with Crippen LogP contribution >= 0.6 is 0 Å². The molecule has 0 aliphatic carbocycles. The SMILES string of the molecule is C=CC(CC)C(c1ccccc1)C(CCC(=O)O)C(=O)O. The molecule has 0 saturated heterocycles. The molecule has 1 aromatic rings. The third-order valence-corrected chi connectivity index (χ3v) is 3.84. The van der Waals surface area contributed by atoms with Crippen LogP contribution in [0.2, 0.25) is 0 Å². The van der Waals surface area contributed by atoms with Crippen molar-refractivity contribution in [3.63, 3.8) is 0 Å². The Labute approximate surface area is 125 Å². The van der Waals surface area contributed by atoms with Gasteiger partial charge in [-0.3, -0.25) is 9.59 Å². The second-order valence-corrected chi connectivity index (χ2v) is 5.12. The van der Waals surface area contributed by atoms with Crippen LogP contribution in [0.25, 0.3) is 0 Å². The molecule has 0 heterocycles. The number of carbonyl (C=O) groups is 2. The van der Waals surface area contributed by atoms with E-state index in [0.29, 0.717) is 0 Å². The van der Waals surface area contributed by atoms with E-state index < -0.39 is 17.9 Å². The van der Waals surface area contributed by atoms with Gasteiger partial charge < -0.3 is 10.2 Å². The average molecular weight is 290 g/mol. The maximum absolute atomic E-state index is 11.6. The fraction of sp³-hybridized carbons (Fsp3) is 0.412. The van der Waals surface area contributed by atoms with E-state index in [9.17, 15) is 14.7 Å². The molecule has 0 spiro atoms. The van der Waals surface area contributed by atoms with Gasteiger partial charge in [0, 0.05) is 12.3 Å². The fourth-order valence-electron chi connectivity index (χ4n) is 2.76. The average Bonchev–Trinajstić information content (AvgIpc) is 2.47. The number of hydrogen-bond donors (Lipinski definition) is 2. The van der Waals surface area contributed by atoms with E-state index >= 15 is 0 Å². The van der Waals surface area contributed by atoms with Gasteiger partial charge in [0.05, 0.1) is 5.92 Å². The van der Waals surface area contributed by atoms with E-state index in [1.54, 1.807) is 6.08 Å². The number of rotatable bonds is 9. The first-order valence-corrected chi connectivity index (χ1v) is 7.13. The van der Waals surface area contributed by atoms with Crippen molar-refractivity contribution in [3.05, 3.63) is 48.6 Å². The van der Waals surface area contributed by atoms with Crippen molar-refractivity contribution in [2.24, 2.45) is 11.8 Å². The smallest absolute Gasteiger partial charge is 0.307 e. The highest BCUT2D eigenvalue weighted by Crippen LogP contribution is 2.37. The Bertz CT molecular complexity index is 481. The Balaban J connectivity index is 3.15. The molecule has 21 heavy (non-hydrogen) atoms. The molecule has 0 aliphatic heterocycles. The molecule has 4 heteroatoms. The van der Waals surface area contributed by atoms with Crippen molar-refractivity contribution in [2.45, 2.75) is 32.1 Å². The van der Waals surface area contributed by atoms with Crippen LogP contribution in [0.15, 0.2) is 43.0 Å². The highest BCUT2D eigenvalue weighted by molar-refractivity contribution is 5.73. The molecule has 0 fully saturated rings. The minimum atomic E-state index is -0.972. The summed E-state index contributed by atoms with van der Waals surface area (Å²) in [7, 11) is 0. The minimum Gasteiger partial charge on any atom is -0.481 e. The van der Waals surface area contributed by atoms with Crippen LogP contribution in [-0.4, -0.2) is 22.2 Å². The normalized spacial score (nSPS) is 14.9. The summed E-state index contributed by atoms with van der Waals surface area (Å²) >= 11 is 0. The van der Waals surface area contributed by atoms with Crippen molar-refractivity contribution in [3.8, 4) is 0 Å². The molecule has 0 saturated carbocycles. The predicted molar refractivity (Wildman–Crippen MR) is 81.2 cm³/mol. The number of benzene rings is 1. The molecule has 0 amide bonds. The Morgan fingerprint density at radius 2 is 1.86 bits per heavy atom. The molecule has 0 aromatic heterocycles. The van der Waals surface area contributed by atoms with Crippen molar-refractivity contribution in [1.82, 2.24) is 0 Å². The van der Waals surface area contributed by atoms with Crippen molar-refractivity contribution < 1.29 is 19.8 Å². The molecule has 3 unspecified atom stereocenters. The molecule has 114 valence electrons. The topological polar surface area (TPSA) is 74.6 Å². The zero-order valence-corrected chi connectivity index (χ0v) is 12.2. The Hall–Kier alpha value is -2.10. The summed E-state index contributed by atoms with van der Waals surface area (Å²) in [5, 5.41) is 18.4. The van der Waals surface area contributed by atoms with Crippen molar-refractivity contribution in [2.75, 3.05) is 0 Å². The lowest BCUT2D eigenvalue weighted by Crippen LogP contribution is -2.27. The number of hydrogen-bond acceptors (Lipinski definition) is 2. The first-order valence-electron chi connectivity index (χ1n) is 7.13. The van der Waals surface area contributed by atoms with Gasteiger partial charge in [0.25, 0.3) is 0 Å². The largest absolute Gasteiger partial charge is 0.481 e. The fourth-order valence-corrected chi connectivity index (χ4v) is 2.76. The van der Waals surface area contributed by atoms with Gasteiger partial charge in [0.1, 0.15) is 0 Å². The predicted octanol–water partition coefficient (Wildman–Crippen LogP) is 3.55. The molecule has 0 radical (unpaired) electrons. The van der Waals surface area contributed by atoms with Crippen LogP contribution in [-0.2, 0) is 9.59 Å². The summed E-state index contributed by atoms with van der Waals surface area (Å²) < 4.78 is 0. The van der Waals surface area contributed by atoms with Crippen LogP contribution in [0.4, 0.5) is 0 Å². The third-order valence-electron chi connectivity index (χ3n) is 3.84. The molecule has 1 aromatic carbocycles. The molecular formula is C17H22O4. The molecule has 3 atom stereocenters. The monoisotopic (exact) mass is 290 g/mol. The second kappa shape index (κ2) is 8.25. The first kappa shape index (κ1) is 17.0. The van der Waals surface area contributed by atoms with E-state index in [4.69, 9.17) is 5.11 Å². The number of carboxylic acid groups (broad SMARTS) is 2. The molecule has 4 nitrogen and oxygen atoms in total. The Morgan fingerprint density at radius 1 is 1.24 bits per heavy atom.